The van der Waals surface area contributed by atoms with E-state index in [1.165, 1.54) is 35.7 Å². The average molecular weight is 346 g/mol. The van der Waals surface area contributed by atoms with Crippen molar-refractivity contribution in [1.29, 1.82) is 0 Å². The molecule has 1 saturated carbocycles. The first-order valence-electron chi connectivity index (χ1n) is 7.87. The Kier molecular flexibility index (Phi) is 4.00. The number of benzene rings is 2. The van der Waals surface area contributed by atoms with Gasteiger partial charge in [-0.25, -0.2) is 0 Å². The number of fused-ring (bicyclic) bond motifs is 1. The van der Waals surface area contributed by atoms with E-state index in [1.54, 1.807) is 0 Å². The van der Waals surface area contributed by atoms with Gasteiger partial charge in [0.2, 0.25) is 0 Å². The molecule has 0 heterocycles. The standard InChI is InChI=1S/C19H24BrN/c1-13-8-18(12-19(2,3)11-13)21-17-7-5-14-9-16(20)6-4-15(14)10-17/h4-7,9-10,13,18,21H,8,11-12H2,1-3H3. The van der Waals surface area contributed by atoms with Gasteiger partial charge in [-0.3, -0.25) is 0 Å². The Morgan fingerprint density at radius 2 is 1.76 bits per heavy atom. The van der Waals surface area contributed by atoms with Crippen LogP contribution < -0.4 is 5.32 Å². The van der Waals surface area contributed by atoms with Gasteiger partial charge in [-0.2, -0.15) is 0 Å². The first-order chi connectivity index (χ1) is 9.91. The zero-order chi connectivity index (χ0) is 15.0. The van der Waals surface area contributed by atoms with Crippen LogP contribution in [0, 0.1) is 11.3 Å². The molecule has 1 aliphatic rings. The van der Waals surface area contributed by atoms with Crippen LogP contribution in [0.3, 0.4) is 0 Å². The first kappa shape index (κ1) is 14.9. The molecule has 2 unspecified atom stereocenters. The highest BCUT2D eigenvalue weighted by Crippen LogP contribution is 2.39. The predicted octanol–water partition coefficient (Wildman–Crippen LogP) is 6.23. The molecule has 112 valence electrons. The summed E-state index contributed by atoms with van der Waals surface area (Å²) in [5.41, 5.74) is 1.71. The molecule has 1 aliphatic carbocycles. The minimum absolute atomic E-state index is 0.455. The number of anilines is 1. The molecule has 0 bridgehead atoms. The van der Waals surface area contributed by atoms with E-state index in [-0.39, 0.29) is 0 Å². The van der Waals surface area contributed by atoms with Gasteiger partial charge in [-0.1, -0.05) is 48.8 Å². The second-order valence-electron chi connectivity index (χ2n) is 7.46. The molecule has 1 fully saturated rings. The molecule has 2 atom stereocenters. The van der Waals surface area contributed by atoms with Crippen LogP contribution in [0.2, 0.25) is 0 Å². The minimum atomic E-state index is 0.455. The second kappa shape index (κ2) is 5.64. The average Bonchev–Trinajstić information content (AvgIpc) is 2.36. The van der Waals surface area contributed by atoms with Gasteiger partial charge in [0.25, 0.3) is 0 Å². The topological polar surface area (TPSA) is 12.0 Å². The molecule has 0 radical (unpaired) electrons. The van der Waals surface area contributed by atoms with Gasteiger partial charge in [0.15, 0.2) is 0 Å². The maximum Gasteiger partial charge on any atom is 0.0348 e. The molecule has 3 rings (SSSR count). The third-order valence-electron chi connectivity index (χ3n) is 4.56. The predicted molar refractivity (Wildman–Crippen MR) is 95.9 cm³/mol. The van der Waals surface area contributed by atoms with Crippen LogP contribution in [0.25, 0.3) is 10.8 Å². The fraction of sp³-hybridized carbons (Fsp3) is 0.474. The van der Waals surface area contributed by atoms with Gasteiger partial charge in [0, 0.05) is 16.2 Å². The normalized spacial score (nSPS) is 25.0. The van der Waals surface area contributed by atoms with Crippen molar-refractivity contribution in [2.24, 2.45) is 11.3 Å². The van der Waals surface area contributed by atoms with Crippen LogP contribution in [0.4, 0.5) is 5.69 Å². The number of nitrogens with one attached hydrogen (secondary N) is 1. The van der Waals surface area contributed by atoms with Crippen LogP contribution in [0.1, 0.15) is 40.0 Å². The van der Waals surface area contributed by atoms with Crippen molar-refractivity contribution in [2.45, 2.75) is 46.1 Å². The van der Waals surface area contributed by atoms with Crippen LogP contribution in [0.15, 0.2) is 40.9 Å². The fourth-order valence-electron chi connectivity index (χ4n) is 4.00. The zero-order valence-corrected chi connectivity index (χ0v) is 14.7. The Morgan fingerprint density at radius 3 is 2.52 bits per heavy atom. The lowest BCUT2D eigenvalue weighted by Gasteiger charge is -2.39. The van der Waals surface area contributed by atoms with Crippen molar-refractivity contribution < 1.29 is 0 Å². The van der Waals surface area contributed by atoms with E-state index in [0.29, 0.717) is 11.5 Å². The third kappa shape index (κ3) is 3.60. The highest BCUT2D eigenvalue weighted by Gasteiger charge is 2.31. The smallest absolute Gasteiger partial charge is 0.0348 e. The third-order valence-corrected chi connectivity index (χ3v) is 5.05. The SMILES string of the molecule is CC1CC(Nc2ccc3cc(Br)ccc3c2)CC(C)(C)C1. The highest BCUT2D eigenvalue weighted by atomic mass is 79.9. The number of hydrogen-bond acceptors (Lipinski definition) is 1. The van der Waals surface area contributed by atoms with Crippen molar-refractivity contribution >= 4 is 32.4 Å². The summed E-state index contributed by atoms with van der Waals surface area (Å²) in [6.07, 6.45) is 3.88. The van der Waals surface area contributed by atoms with E-state index in [2.05, 4.69) is 78.4 Å². The van der Waals surface area contributed by atoms with Crippen molar-refractivity contribution in [2.75, 3.05) is 5.32 Å². The molecule has 0 aliphatic heterocycles. The summed E-state index contributed by atoms with van der Waals surface area (Å²) in [5.74, 6) is 0.808. The number of rotatable bonds is 2. The van der Waals surface area contributed by atoms with Gasteiger partial charge in [0.1, 0.15) is 0 Å². The molecule has 1 N–H and O–H groups in total. The highest BCUT2D eigenvalue weighted by molar-refractivity contribution is 9.10. The van der Waals surface area contributed by atoms with E-state index in [0.717, 1.165) is 10.4 Å². The van der Waals surface area contributed by atoms with Crippen LogP contribution in [-0.2, 0) is 0 Å². The number of halogens is 1. The van der Waals surface area contributed by atoms with E-state index in [4.69, 9.17) is 0 Å². The fourth-order valence-corrected chi connectivity index (χ4v) is 4.38. The van der Waals surface area contributed by atoms with Gasteiger partial charge < -0.3 is 5.32 Å². The van der Waals surface area contributed by atoms with Gasteiger partial charge in [0.05, 0.1) is 0 Å². The first-order valence-corrected chi connectivity index (χ1v) is 8.66. The molecule has 21 heavy (non-hydrogen) atoms. The second-order valence-corrected chi connectivity index (χ2v) is 8.38. The Bertz CT molecular complexity index is 647. The van der Waals surface area contributed by atoms with Crippen molar-refractivity contribution in [1.82, 2.24) is 0 Å². The lowest BCUT2D eigenvalue weighted by Crippen LogP contribution is -2.35. The maximum absolute atomic E-state index is 3.76. The summed E-state index contributed by atoms with van der Waals surface area (Å²) >= 11 is 3.53. The van der Waals surface area contributed by atoms with Crippen molar-refractivity contribution in [3.8, 4) is 0 Å². The maximum atomic E-state index is 3.76. The summed E-state index contributed by atoms with van der Waals surface area (Å²) in [6.45, 7) is 7.18. The largest absolute Gasteiger partial charge is 0.382 e. The monoisotopic (exact) mass is 345 g/mol. The lowest BCUT2D eigenvalue weighted by atomic mass is 9.70. The molecule has 2 aromatic carbocycles. The lowest BCUT2D eigenvalue weighted by molar-refractivity contribution is 0.178. The van der Waals surface area contributed by atoms with E-state index in [1.807, 2.05) is 0 Å². The Labute approximate surface area is 136 Å². The van der Waals surface area contributed by atoms with Crippen molar-refractivity contribution in [3.63, 3.8) is 0 Å². The quantitative estimate of drug-likeness (QED) is 0.680. The van der Waals surface area contributed by atoms with Gasteiger partial charge in [-0.05, 0) is 65.6 Å². The van der Waals surface area contributed by atoms with E-state index < -0.39 is 0 Å². The van der Waals surface area contributed by atoms with Crippen LogP contribution in [-0.4, -0.2) is 6.04 Å². The molecule has 0 aromatic heterocycles. The number of hydrogen-bond donors (Lipinski definition) is 1. The Hall–Kier alpha value is -1.02. The molecule has 2 heteroatoms. The van der Waals surface area contributed by atoms with Crippen molar-refractivity contribution in [3.05, 3.63) is 40.9 Å². The summed E-state index contributed by atoms with van der Waals surface area (Å²) < 4.78 is 1.14. The summed E-state index contributed by atoms with van der Waals surface area (Å²) in [5, 5.41) is 6.34. The summed E-state index contributed by atoms with van der Waals surface area (Å²) in [4.78, 5) is 0. The van der Waals surface area contributed by atoms with Crippen LogP contribution in [0.5, 0.6) is 0 Å². The molecular weight excluding hydrogens is 322 g/mol. The van der Waals surface area contributed by atoms with E-state index >= 15 is 0 Å². The molecule has 0 saturated heterocycles. The minimum Gasteiger partial charge on any atom is -0.382 e. The van der Waals surface area contributed by atoms with E-state index in [9.17, 15) is 0 Å². The molecular formula is C19H24BrN. The molecule has 2 aromatic rings. The molecule has 1 nitrogen and oxygen atoms in total. The summed E-state index contributed by atoms with van der Waals surface area (Å²) in [7, 11) is 0. The summed E-state index contributed by atoms with van der Waals surface area (Å²) in [6, 6.07) is 13.7. The van der Waals surface area contributed by atoms with Gasteiger partial charge >= 0.3 is 0 Å². The van der Waals surface area contributed by atoms with Gasteiger partial charge in [-0.15, -0.1) is 0 Å². The molecule has 0 amide bonds. The molecule has 0 spiro atoms. The Morgan fingerprint density at radius 1 is 1.05 bits per heavy atom. The van der Waals surface area contributed by atoms with Crippen LogP contribution >= 0.6 is 15.9 Å². The Balaban J connectivity index is 1.80. The zero-order valence-electron chi connectivity index (χ0n) is 13.1.